The van der Waals surface area contributed by atoms with Crippen molar-refractivity contribution in [3.63, 3.8) is 0 Å². The quantitative estimate of drug-likeness (QED) is 0.693. The maximum atomic E-state index is 12.1. The van der Waals surface area contributed by atoms with E-state index in [1.54, 1.807) is 27.7 Å². The Labute approximate surface area is 92.9 Å². The average molecular weight is 238 g/mol. The topological polar surface area (TPSA) is 60.9 Å². The fourth-order valence-electron chi connectivity index (χ4n) is 1.44. The zero-order valence-electron chi connectivity index (χ0n) is 9.97. The SMILES string of the molecule is CCN(CC)S(=O)(=O)N(CCO)C(C)C. The van der Waals surface area contributed by atoms with Crippen molar-refractivity contribution in [2.45, 2.75) is 33.7 Å². The Bertz CT molecular complexity index is 261. The molecular weight excluding hydrogens is 216 g/mol. The minimum absolute atomic E-state index is 0.136. The van der Waals surface area contributed by atoms with Crippen LogP contribution in [0, 0.1) is 0 Å². The highest BCUT2D eigenvalue weighted by molar-refractivity contribution is 7.86. The summed E-state index contributed by atoms with van der Waals surface area (Å²) in [5.41, 5.74) is 0. The van der Waals surface area contributed by atoms with Gasteiger partial charge in [-0.3, -0.25) is 0 Å². The van der Waals surface area contributed by atoms with Gasteiger partial charge < -0.3 is 5.11 Å². The second kappa shape index (κ2) is 6.42. The molecule has 0 aliphatic heterocycles. The van der Waals surface area contributed by atoms with Crippen molar-refractivity contribution in [3.05, 3.63) is 0 Å². The smallest absolute Gasteiger partial charge is 0.282 e. The largest absolute Gasteiger partial charge is 0.395 e. The van der Waals surface area contributed by atoms with Crippen molar-refractivity contribution in [3.8, 4) is 0 Å². The van der Waals surface area contributed by atoms with E-state index >= 15 is 0 Å². The zero-order valence-corrected chi connectivity index (χ0v) is 10.8. The van der Waals surface area contributed by atoms with E-state index in [0.717, 1.165) is 0 Å². The second-order valence-electron chi connectivity index (χ2n) is 3.52. The highest BCUT2D eigenvalue weighted by atomic mass is 32.2. The predicted octanol–water partition coefficient (Wildman–Crippen LogP) is 0.276. The molecule has 15 heavy (non-hydrogen) atoms. The van der Waals surface area contributed by atoms with Crippen LogP contribution in [-0.2, 0) is 10.2 Å². The summed E-state index contributed by atoms with van der Waals surface area (Å²) < 4.78 is 26.8. The first-order valence-electron chi connectivity index (χ1n) is 5.29. The van der Waals surface area contributed by atoms with E-state index in [0.29, 0.717) is 13.1 Å². The van der Waals surface area contributed by atoms with Crippen LogP contribution in [0.2, 0.25) is 0 Å². The Morgan fingerprint density at radius 2 is 1.67 bits per heavy atom. The van der Waals surface area contributed by atoms with Gasteiger partial charge in [0, 0.05) is 25.7 Å². The molecule has 0 aromatic carbocycles. The highest BCUT2D eigenvalue weighted by Gasteiger charge is 2.28. The first-order chi connectivity index (χ1) is 6.91. The summed E-state index contributed by atoms with van der Waals surface area (Å²) in [6.07, 6.45) is 0. The summed E-state index contributed by atoms with van der Waals surface area (Å²) in [6, 6.07) is -0.136. The molecule has 0 unspecified atom stereocenters. The molecule has 0 aliphatic rings. The van der Waals surface area contributed by atoms with Crippen LogP contribution in [-0.4, -0.2) is 54.4 Å². The first kappa shape index (κ1) is 14.8. The summed E-state index contributed by atoms with van der Waals surface area (Å²) in [7, 11) is -3.42. The highest BCUT2D eigenvalue weighted by Crippen LogP contribution is 2.11. The first-order valence-corrected chi connectivity index (χ1v) is 6.69. The monoisotopic (exact) mass is 238 g/mol. The van der Waals surface area contributed by atoms with Crippen LogP contribution in [0.5, 0.6) is 0 Å². The summed E-state index contributed by atoms with van der Waals surface area (Å²) in [5, 5.41) is 8.85. The van der Waals surface area contributed by atoms with Crippen molar-refractivity contribution in [2.75, 3.05) is 26.2 Å². The van der Waals surface area contributed by atoms with Crippen LogP contribution < -0.4 is 0 Å². The van der Waals surface area contributed by atoms with Crippen LogP contribution in [0.15, 0.2) is 0 Å². The number of hydrogen-bond acceptors (Lipinski definition) is 3. The lowest BCUT2D eigenvalue weighted by Gasteiger charge is -2.30. The summed E-state index contributed by atoms with van der Waals surface area (Å²) >= 11 is 0. The van der Waals surface area contributed by atoms with E-state index in [2.05, 4.69) is 0 Å². The molecular formula is C9H22N2O3S. The number of rotatable bonds is 7. The molecule has 0 atom stereocenters. The molecule has 1 N–H and O–H groups in total. The standard InChI is InChI=1S/C9H22N2O3S/c1-5-10(6-2)15(13,14)11(7-8-12)9(3)4/h9,12H,5-8H2,1-4H3. The van der Waals surface area contributed by atoms with Crippen molar-refractivity contribution in [1.29, 1.82) is 0 Å². The second-order valence-corrected chi connectivity index (χ2v) is 5.40. The molecule has 0 aromatic heterocycles. The van der Waals surface area contributed by atoms with Crippen LogP contribution in [0.25, 0.3) is 0 Å². The predicted molar refractivity (Wildman–Crippen MR) is 60.8 cm³/mol. The molecule has 6 heteroatoms. The molecule has 0 spiro atoms. The fraction of sp³-hybridized carbons (Fsp3) is 1.00. The Hall–Kier alpha value is -0.170. The van der Waals surface area contributed by atoms with E-state index < -0.39 is 10.2 Å². The summed E-state index contributed by atoms with van der Waals surface area (Å²) in [4.78, 5) is 0. The zero-order chi connectivity index (χ0) is 12.1. The summed E-state index contributed by atoms with van der Waals surface area (Å²) in [5.74, 6) is 0. The van der Waals surface area contributed by atoms with Crippen molar-refractivity contribution >= 4 is 10.2 Å². The Kier molecular flexibility index (Phi) is 6.35. The van der Waals surface area contributed by atoms with Gasteiger partial charge in [-0.2, -0.15) is 17.0 Å². The molecule has 0 amide bonds. The van der Waals surface area contributed by atoms with Crippen molar-refractivity contribution in [1.82, 2.24) is 8.61 Å². The maximum absolute atomic E-state index is 12.1. The number of aliphatic hydroxyl groups excluding tert-OH is 1. The van der Waals surface area contributed by atoms with Crippen LogP contribution in [0.1, 0.15) is 27.7 Å². The molecule has 0 aliphatic carbocycles. The van der Waals surface area contributed by atoms with Gasteiger partial charge in [-0.05, 0) is 13.8 Å². The Morgan fingerprint density at radius 1 is 1.20 bits per heavy atom. The maximum Gasteiger partial charge on any atom is 0.282 e. The lowest BCUT2D eigenvalue weighted by atomic mass is 10.4. The van der Waals surface area contributed by atoms with Gasteiger partial charge in [0.25, 0.3) is 10.2 Å². The van der Waals surface area contributed by atoms with Crippen LogP contribution >= 0.6 is 0 Å². The van der Waals surface area contributed by atoms with E-state index in [4.69, 9.17) is 5.11 Å². The van der Waals surface area contributed by atoms with Gasteiger partial charge in [0.05, 0.1) is 6.61 Å². The van der Waals surface area contributed by atoms with Gasteiger partial charge in [-0.1, -0.05) is 13.8 Å². The van der Waals surface area contributed by atoms with Gasteiger partial charge in [-0.25, -0.2) is 0 Å². The van der Waals surface area contributed by atoms with E-state index in [-0.39, 0.29) is 19.2 Å². The van der Waals surface area contributed by atoms with Gasteiger partial charge in [0.1, 0.15) is 0 Å². The lowest BCUT2D eigenvalue weighted by Crippen LogP contribution is -2.47. The third kappa shape index (κ3) is 3.71. The molecule has 5 nitrogen and oxygen atoms in total. The Morgan fingerprint density at radius 3 is 1.93 bits per heavy atom. The average Bonchev–Trinajstić information content (AvgIpc) is 2.14. The molecule has 0 aromatic rings. The van der Waals surface area contributed by atoms with Gasteiger partial charge >= 0.3 is 0 Å². The molecule has 0 bridgehead atoms. The fourth-order valence-corrected chi connectivity index (χ4v) is 3.23. The van der Waals surface area contributed by atoms with Gasteiger partial charge in [0.2, 0.25) is 0 Å². The Balaban J connectivity index is 4.93. The third-order valence-corrected chi connectivity index (χ3v) is 4.59. The third-order valence-electron chi connectivity index (χ3n) is 2.22. The van der Waals surface area contributed by atoms with Gasteiger partial charge in [0.15, 0.2) is 0 Å². The van der Waals surface area contributed by atoms with Crippen LogP contribution in [0.3, 0.4) is 0 Å². The molecule has 0 heterocycles. The molecule has 0 fully saturated rings. The van der Waals surface area contributed by atoms with Crippen molar-refractivity contribution in [2.24, 2.45) is 0 Å². The molecule has 0 saturated carbocycles. The molecule has 0 radical (unpaired) electrons. The minimum atomic E-state index is -3.42. The van der Waals surface area contributed by atoms with Gasteiger partial charge in [-0.15, -0.1) is 0 Å². The minimum Gasteiger partial charge on any atom is -0.395 e. The van der Waals surface area contributed by atoms with Crippen molar-refractivity contribution < 1.29 is 13.5 Å². The lowest BCUT2D eigenvalue weighted by molar-refractivity contribution is 0.226. The van der Waals surface area contributed by atoms with E-state index in [9.17, 15) is 8.42 Å². The molecule has 92 valence electrons. The molecule has 0 saturated heterocycles. The van der Waals surface area contributed by atoms with E-state index in [1.807, 2.05) is 0 Å². The van der Waals surface area contributed by atoms with Crippen LogP contribution in [0.4, 0.5) is 0 Å². The normalized spacial score (nSPS) is 13.1. The molecule has 0 rings (SSSR count). The van der Waals surface area contributed by atoms with E-state index in [1.165, 1.54) is 8.61 Å². The number of hydrogen-bond donors (Lipinski definition) is 1. The number of aliphatic hydroxyl groups is 1. The summed E-state index contributed by atoms with van der Waals surface area (Å²) in [6.45, 7) is 8.11. The number of nitrogens with zero attached hydrogens (tertiary/aromatic N) is 2.